The van der Waals surface area contributed by atoms with Gasteiger partial charge in [0.1, 0.15) is 6.61 Å². The van der Waals surface area contributed by atoms with Crippen LogP contribution in [-0.4, -0.2) is 24.5 Å². The minimum Gasteiger partial charge on any atom is -0.462 e. The normalized spacial score (nSPS) is 10.3. The molecule has 5 nitrogen and oxygen atoms in total. The number of carbonyl (C=O) groups excluding carboxylic acids is 2. The first kappa shape index (κ1) is 15.5. The molecule has 1 aromatic rings. The van der Waals surface area contributed by atoms with E-state index in [1.165, 1.54) is 6.07 Å². The van der Waals surface area contributed by atoms with Crippen LogP contribution in [0, 0.1) is 0 Å². The summed E-state index contributed by atoms with van der Waals surface area (Å²) in [5.41, 5.74) is 6.43. The lowest BCUT2D eigenvalue weighted by Gasteiger charge is -2.09. The molecule has 0 saturated heterocycles. The Morgan fingerprint density at radius 2 is 2.11 bits per heavy atom. The first-order valence-corrected chi connectivity index (χ1v) is 6.71. The van der Waals surface area contributed by atoms with Crippen LogP contribution in [0.2, 0.25) is 0 Å². The first-order chi connectivity index (χ1) is 8.90. The van der Waals surface area contributed by atoms with Gasteiger partial charge in [-0.2, -0.15) is 0 Å². The third-order valence-corrected chi connectivity index (χ3v) is 2.91. The fourth-order valence-corrected chi connectivity index (χ4v) is 1.82. The number of rotatable bonds is 5. The summed E-state index contributed by atoms with van der Waals surface area (Å²) in [6.45, 7) is 3.78. The van der Waals surface area contributed by atoms with Crippen LogP contribution in [0.4, 0.5) is 5.69 Å². The molecule has 104 valence electrons. The van der Waals surface area contributed by atoms with Crippen molar-refractivity contribution in [3.63, 3.8) is 0 Å². The van der Waals surface area contributed by atoms with Gasteiger partial charge in [-0.15, -0.1) is 0 Å². The number of nitrogens with one attached hydrogen (secondary N) is 1. The van der Waals surface area contributed by atoms with Crippen molar-refractivity contribution in [1.29, 1.82) is 0 Å². The minimum absolute atomic E-state index is 0.0403. The van der Waals surface area contributed by atoms with Crippen LogP contribution >= 0.6 is 15.9 Å². The maximum absolute atomic E-state index is 11.8. The highest BCUT2D eigenvalue weighted by atomic mass is 79.9. The van der Waals surface area contributed by atoms with Gasteiger partial charge in [0.05, 0.1) is 12.0 Å². The molecule has 0 unspecified atom stereocenters. The largest absolute Gasteiger partial charge is 0.462 e. The van der Waals surface area contributed by atoms with Crippen LogP contribution < -0.4 is 11.1 Å². The van der Waals surface area contributed by atoms with Gasteiger partial charge < -0.3 is 15.8 Å². The second-order valence-electron chi connectivity index (χ2n) is 4.35. The number of nitrogen functional groups attached to an aromatic ring is 1. The third kappa shape index (κ3) is 5.30. The number of halogens is 1. The van der Waals surface area contributed by atoms with Gasteiger partial charge in [-0.3, -0.25) is 4.79 Å². The summed E-state index contributed by atoms with van der Waals surface area (Å²) in [5, 5.41) is 2.72. The number of nitrogens with two attached hydrogens (primary N) is 1. The van der Waals surface area contributed by atoms with Gasteiger partial charge in [-0.05, 0) is 48.0 Å². The smallest absolute Gasteiger partial charge is 0.339 e. The second-order valence-corrected chi connectivity index (χ2v) is 5.20. The number of benzene rings is 1. The molecule has 0 aliphatic carbocycles. The molecule has 6 heteroatoms. The Balaban J connectivity index is 2.48. The van der Waals surface area contributed by atoms with Crippen molar-refractivity contribution in [1.82, 2.24) is 5.32 Å². The third-order valence-electron chi connectivity index (χ3n) is 2.22. The molecule has 3 N–H and O–H groups in total. The van der Waals surface area contributed by atoms with Crippen molar-refractivity contribution < 1.29 is 14.3 Å². The quantitative estimate of drug-likeness (QED) is 0.640. The van der Waals surface area contributed by atoms with Crippen LogP contribution in [-0.2, 0) is 9.53 Å². The minimum atomic E-state index is -0.503. The number of ether oxygens (including phenoxy) is 1. The summed E-state index contributed by atoms with van der Waals surface area (Å²) in [6.07, 6.45) is 0.143. The lowest BCUT2D eigenvalue weighted by Crippen LogP contribution is -2.31. The standard InChI is InChI=1S/C13H17BrN2O3/c1-8(2)16-12(17)5-6-19-13(18)10-7-9(15)3-4-11(10)14/h3-4,7-8H,5-6,15H2,1-2H3,(H,16,17). The van der Waals surface area contributed by atoms with E-state index in [4.69, 9.17) is 10.5 Å². The van der Waals surface area contributed by atoms with Gasteiger partial charge in [-0.25, -0.2) is 4.79 Å². The van der Waals surface area contributed by atoms with Crippen LogP contribution in [0.3, 0.4) is 0 Å². The highest BCUT2D eigenvalue weighted by Crippen LogP contribution is 2.20. The summed E-state index contributed by atoms with van der Waals surface area (Å²) in [7, 11) is 0. The summed E-state index contributed by atoms with van der Waals surface area (Å²) < 4.78 is 5.64. The van der Waals surface area contributed by atoms with Gasteiger partial charge in [-0.1, -0.05) is 0 Å². The number of hydrogen-bond donors (Lipinski definition) is 2. The van der Waals surface area contributed by atoms with E-state index >= 15 is 0 Å². The Morgan fingerprint density at radius 1 is 1.42 bits per heavy atom. The SMILES string of the molecule is CC(C)NC(=O)CCOC(=O)c1cc(N)ccc1Br. The van der Waals surface area contributed by atoms with Crippen LogP contribution in [0.1, 0.15) is 30.6 Å². The lowest BCUT2D eigenvalue weighted by molar-refractivity contribution is -0.122. The predicted octanol–water partition coefficient (Wildman–Crippen LogP) is 2.10. The van der Waals surface area contributed by atoms with Crippen molar-refractivity contribution in [2.24, 2.45) is 0 Å². The van der Waals surface area contributed by atoms with E-state index in [2.05, 4.69) is 21.2 Å². The lowest BCUT2D eigenvalue weighted by atomic mass is 10.2. The molecule has 0 fully saturated rings. The summed E-state index contributed by atoms with van der Waals surface area (Å²) >= 11 is 3.25. The van der Waals surface area contributed by atoms with Gasteiger partial charge >= 0.3 is 5.97 Å². The fraction of sp³-hybridized carbons (Fsp3) is 0.385. The Morgan fingerprint density at radius 3 is 2.74 bits per heavy atom. The number of amides is 1. The number of esters is 1. The van der Waals surface area contributed by atoms with Gasteiger partial charge in [0.15, 0.2) is 0 Å². The van der Waals surface area contributed by atoms with E-state index in [1.54, 1.807) is 12.1 Å². The summed E-state index contributed by atoms with van der Waals surface area (Å²) in [4.78, 5) is 23.1. The maximum atomic E-state index is 11.8. The van der Waals surface area contributed by atoms with E-state index in [-0.39, 0.29) is 25.0 Å². The zero-order valence-electron chi connectivity index (χ0n) is 10.9. The molecule has 0 heterocycles. The predicted molar refractivity (Wildman–Crippen MR) is 76.7 cm³/mol. The number of carbonyl (C=O) groups is 2. The first-order valence-electron chi connectivity index (χ1n) is 5.91. The number of hydrogen-bond acceptors (Lipinski definition) is 4. The highest BCUT2D eigenvalue weighted by molar-refractivity contribution is 9.10. The molecule has 0 radical (unpaired) electrons. The van der Waals surface area contributed by atoms with E-state index in [0.29, 0.717) is 15.7 Å². The van der Waals surface area contributed by atoms with Gasteiger partial charge in [0.2, 0.25) is 5.91 Å². The molecular weight excluding hydrogens is 312 g/mol. The Kier molecular flexibility index (Phi) is 5.82. The molecule has 0 saturated carbocycles. The Hall–Kier alpha value is -1.56. The summed E-state index contributed by atoms with van der Waals surface area (Å²) in [5.74, 6) is -0.647. The van der Waals surface area contributed by atoms with Crippen molar-refractivity contribution in [2.45, 2.75) is 26.3 Å². The van der Waals surface area contributed by atoms with Crippen LogP contribution in [0.5, 0.6) is 0 Å². The maximum Gasteiger partial charge on any atom is 0.339 e. The van der Waals surface area contributed by atoms with E-state index in [0.717, 1.165) is 0 Å². The van der Waals surface area contributed by atoms with Gasteiger partial charge in [0.25, 0.3) is 0 Å². The van der Waals surface area contributed by atoms with E-state index < -0.39 is 5.97 Å². The Bertz CT molecular complexity index is 475. The zero-order valence-corrected chi connectivity index (χ0v) is 12.5. The molecule has 0 bridgehead atoms. The fourth-order valence-electron chi connectivity index (χ4n) is 1.41. The molecule has 1 amide bonds. The van der Waals surface area contributed by atoms with Crippen molar-refractivity contribution in [3.05, 3.63) is 28.2 Å². The molecule has 1 rings (SSSR count). The Labute approximate surface area is 120 Å². The molecule has 0 aromatic heterocycles. The topological polar surface area (TPSA) is 81.4 Å². The van der Waals surface area contributed by atoms with Crippen LogP contribution in [0.15, 0.2) is 22.7 Å². The number of anilines is 1. The van der Waals surface area contributed by atoms with Gasteiger partial charge in [0, 0.05) is 16.2 Å². The molecular formula is C13H17BrN2O3. The van der Waals surface area contributed by atoms with Crippen molar-refractivity contribution in [2.75, 3.05) is 12.3 Å². The summed E-state index contributed by atoms with van der Waals surface area (Å²) in [6, 6.07) is 4.96. The van der Waals surface area contributed by atoms with Crippen molar-refractivity contribution >= 4 is 33.5 Å². The molecule has 0 spiro atoms. The average Bonchev–Trinajstić information content (AvgIpc) is 2.31. The highest BCUT2D eigenvalue weighted by Gasteiger charge is 2.12. The van der Waals surface area contributed by atoms with Crippen molar-refractivity contribution in [3.8, 4) is 0 Å². The second kappa shape index (κ2) is 7.13. The van der Waals surface area contributed by atoms with E-state index in [9.17, 15) is 9.59 Å². The van der Waals surface area contributed by atoms with Crippen LogP contribution in [0.25, 0.3) is 0 Å². The molecule has 0 aliphatic rings. The molecule has 19 heavy (non-hydrogen) atoms. The zero-order chi connectivity index (χ0) is 14.4. The average molecular weight is 329 g/mol. The van der Waals surface area contributed by atoms with E-state index in [1.807, 2.05) is 13.8 Å². The molecule has 1 aromatic carbocycles. The monoisotopic (exact) mass is 328 g/mol. The molecule has 0 atom stereocenters. The molecule has 0 aliphatic heterocycles.